The summed E-state index contributed by atoms with van der Waals surface area (Å²) in [6.45, 7) is 6.34. The van der Waals surface area contributed by atoms with Gasteiger partial charge in [0.25, 0.3) is 0 Å². The molecule has 2 aliphatic rings. The van der Waals surface area contributed by atoms with Crippen molar-refractivity contribution >= 4 is 23.3 Å². The fourth-order valence-electron chi connectivity index (χ4n) is 5.01. The Balaban J connectivity index is 1.07. The van der Waals surface area contributed by atoms with Crippen molar-refractivity contribution in [2.24, 2.45) is 5.92 Å². The van der Waals surface area contributed by atoms with E-state index >= 15 is 0 Å². The van der Waals surface area contributed by atoms with E-state index in [2.05, 4.69) is 55.2 Å². The molecule has 0 saturated carbocycles. The predicted octanol–water partition coefficient (Wildman–Crippen LogP) is 4.40. The van der Waals surface area contributed by atoms with Gasteiger partial charge < -0.3 is 9.80 Å². The number of piperidine rings is 1. The van der Waals surface area contributed by atoms with Gasteiger partial charge in [0.05, 0.1) is 5.69 Å². The van der Waals surface area contributed by atoms with E-state index in [1.165, 1.54) is 5.56 Å². The van der Waals surface area contributed by atoms with E-state index < -0.39 is 0 Å². The van der Waals surface area contributed by atoms with Crippen LogP contribution in [0.5, 0.6) is 0 Å². The second kappa shape index (κ2) is 11.2. The van der Waals surface area contributed by atoms with Gasteiger partial charge in [-0.2, -0.15) is 0 Å². The molecule has 2 aromatic carbocycles. The summed E-state index contributed by atoms with van der Waals surface area (Å²) in [5.74, 6) is 1.32. The zero-order chi connectivity index (χ0) is 24.0. The van der Waals surface area contributed by atoms with Gasteiger partial charge in [0.15, 0.2) is 5.82 Å². The molecule has 2 fully saturated rings. The Hall–Kier alpha value is -2.96. The maximum absolute atomic E-state index is 13.2. The number of hydrogen-bond donors (Lipinski definition) is 0. The first-order valence-electron chi connectivity index (χ1n) is 12.6. The molecule has 0 atom stereocenters. The van der Waals surface area contributed by atoms with Gasteiger partial charge in [0.2, 0.25) is 5.91 Å². The maximum atomic E-state index is 13.2. The van der Waals surface area contributed by atoms with Crippen molar-refractivity contribution in [1.82, 2.24) is 20.0 Å². The summed E-state index contributed by atoms with van der Waals surface area (Å²) in [7, 11) is 0. The van der Waals surface area contributed by atoms with Gasteiger partial charge in [-0.1, -0.05) is 54.1 Å². The lowest BCUT2D eigenvalue weighted by molar-refractivity contribution is -0.138. The number of piperazine rings is 1. The molecule has 5 rings (SSSR count). The minimum Gasteiger partial charge on any atom is -0.355 e. The number of hydrogen-bond acceptors (Lipinski definition) is 5. The quantitative estimate of drug-likeness (QED) is 0.513. The molecule has 3 heterocycles. The van der Waals surface area contributed by atoms with Crippen LogP contribution >= 0.6 is 11.6 Å². The molecule has 7 heteroatoms. The summed E-state index contributed by atoms with van der Waals surface area (Å²) in [5, 5.41) is 9.57. The van der Waals surface area contributed by atoms with Crippen LogP contribution < -0.4 is 4.90 Å². The highest BCUT2D eigenvalue weighted by atomic mass is 35.5. The van der Waals surface area contributed by atoms with Gasteiger partial charge in [0, 0.05) is 62.3 Å². The molecule has 0 spiro atoms. The number of benzene rings is 2. The maximum Gasteiger partial charge on any atom is 0.225 e. The minimum atomic E-state index is 0.114. The van der Waals surface area contributed by atoms with Gasteiger partial charge in [-0.3, -0.25) is 9.69 Å². The molecule has 2 saturated heterocycles. The molecule has 3 aromatic rings. The highest BCUT2D eigenvalue weighted by Gasteiger charge is 2.30. The summed E-state index contributed by atoms with van der Waals surface area (Å²) >= 11 is 5.98. The van der Waals surface area contributed by atoms with Gasteiger partial charge in [-0.05, 0) is 49.1 Å². The minimum absolute atomic E-state index is 0.114. The van der Waals surface area contributed by atoms with Crippen molar-refractivity contribution in [3.05, 3.63) is 77.3 Å². The van der Waals surface area contributed by atoms with Crippen molar-refractivity contribution < 1.29 is 4.79 Å². The number of rotatable bonds is 6. The second-order valence-electron chi connectivity index (χ2n) is 9.45. The molecular formula is C28H32ClN5O. The summed E-state index contributed by atoms with van der Waals surface area (Å²) < 4.78 is 0. The van der Waals surface area contributed by atoms with Crippen LogP contribution in [0.2, 0.25) is 5.02 Å². The number of amides is 1. The average Bonchev–Trinajstić information content (AvgIpc) is 2.93. The molecule has 0 bridgehead atoms. The zero-order valence-electron chi connectivity index (χ0n) is 20.0. The number of anilines is 1. The first kappa shape index (κ1) is 23.8. The predicted molar refractivity (Wildman–Crippen MR) is 141 cm³/mol. The second-order valence-corrected chi connectivity index (χ2v) is 9.88. The standard InChI is InChI=1S/C28H32ClN5O/c29-25-8-6-23(7-9-25)26-10-11-27(31-30-26)33-16-13-24(14-17-33)28(35)34-20-18-32(19-21-34)15-12-22-4-2-1-3-5-22/h1-11,24H,12-21H2. The molecule has 6 nitrogen and oxygen atoms in total. The van der Waals surface area contributed by atoms with Crippen LogP contribution in [0.4, 0.5) is 5.82 Å². The Morgan fingerprint density at radius 2 is 1.54 bits per heavy atom. The third kappa shape index (κ3) is 6.00. The van der Waals surface area contributed by atoms with Crippen molar-refractivity contribution in [2.75, 3.05) is 50.7 Å². The third-order valence-corrected chi connectivity index (χ3v) is 7.45. The van der Waals surface area contributed by atoms with Crippen LogP contribution in [0.3, 0.4) is 0 Å². The summed E-state index contributed by atoms with van der Waals surface area (Å²) in [6, 6.07) is 22.3. The molecule has 0 N–H and O–H groups in total. The van der Waals surface area contributed by atoms with Crippen molar-refractivity contribution in [2.45, 2.75) is 19.3 Å². The van der Waals surface area contributed by atoms with Gasteiger partial charge >= 0.3 is 0 Å². The molecule has 182 valence electrons. The Morgan fingerprint density at radius 1 is 0.829 bits per heavy atom. The Labute approximate surface area is 212 Å². The molecule has 1 amide bonds. The van der Waals surface area contributed by atoms with Crippen LogP contribution in [0.25, 0.3) is 11.3 Å². The Kier molecular flexibility index (Phi) is 7.60. The lowest BCUT2D eigenvalue weighted by Crippen LogP contribution is -2.52. The molecular weight excluding hydrogens is 458 g/mol. The molecule has 0 unspecified atom stereocenters. The number of halogens is 1. The van der Waals surface area contributed by atoms with Gasteiger partial charge in [0.1, 0.15) is 0 Å². The number of carbonyl (C=O) groups excluding carboxylic acids is 1. The van der Waals surface area contributed by atoms with Crippen LogP contribution in [-0.4, -0.2) is 71.7 Å². The van der Waals surface area contributed by atoms with Crippen molar-refractivity contribution in [3.63, 3.8) is 0 Å². The first-order chi connectivity index (χ1) is 17.2. The average molecular weight is 490 g/mol. The van der Waals surface area contributed by atoms with E-state index in [9.17, 15) is 4.79 Å². The normalized spacial score (nSPS) is 17.5. The highest BCUT2D eigenvalue weighted by molar-refractivity contribution is 6.30. The van der Waals surface area contributed by atoms with Crippen molar-refractivity contribution in [1.29, 1.82) is 0 Å². The molecule has 1 aromatic heterocycles. The fraction of sp³-hybridized carbons (Fsp3) is 0.393. The SMILES string of the molecule is O=C(C1CCN(c2ccc(-c3ccc(Cl)cc3)nn2)CC1)N1CCN(CCc2ccccc2)CC1. The van der Waals surface area contributed by atoms with E-state index in [-0.39, 0.29) is 5.92 Å². The van der Waals surface area contributed by atoms with E-state index in [1.54, 1.807) is 0 Å². The first-order valence-corrected chi connectivity index (χ1v) is 12.9. The van der Waals surface area contributed by atoms with Crippen LogP contribution in [0.15, 0.2) is 66.7 Å². The van der Waals surface area contributed by atoms with E-state index in [1.807, 2.05) is 36.4 Å². The van der Waals surface area contributed by atoms with Crippen LogP contribution in [-0.2, 0) is 11.2 Å². The number of aromatic nitrogens is 2. The van der Waals surface area contributed by atoms with Crippen molar-refractivity contribution in [3.8, 4) is 11.3 Å². The fourth-order valence-corrected chi connectivity index (χ4v) is 5.13. The Bertz CT molecular complexity index is 1090. The molecule has 0 aliphatic carbocycles. The number of carbonyl (C=O) groups is 1. The third-order valence-electron chi connectivity index (χ3n) is 7.20. The largest absolute Gasteiger partial charge is 0.355 e. The lowest BCUT2D eigenvalue weighted by Gasteiger charge is -2.38. The smallest absolute Gasteiger partial charge is 0.225 e. The summed E-state index contributed by atoms with van der Waals surface area (Å²) in [4.78, 5) is 20.0. The lowest BCUT2D eigenvalue weighted by atomic mass is 9.95. The zero-order valence-corrected chi connectivity index (χ0v) is 20.8. The van der Waals surface area contributed by atoms with Gasteiger partial charge in [-0.25, -0.2) is 0 Å². The Morgan fingerprint density at radius 3 is 2.20 bits per heavy atom. The highest BCUT2D eigenvalue weighted by Crippen LogP contribution is 2.25. The molecule has 35 heavy (non-hydrogen) atoms. The van der Waals surface area contributed by atoms with E-state index in [4.69, 9.17) is 11.6 Å². The monoisotopic (exact) mass is 489 g/mol. The molecule has 0 radical (unpaired) electrons. The summed E-state index contributed by atoms with van der Waals surface area (Å²) in [6.07, 6.45) is 2.80. The summed E-state index contributed by atoms with van der Waals surface area (Å²) in [5.41, 5.74) is 3.21. The van der Waals surface area contributed by atoms with E-state index in [0.29, 0.717) is 10.9 Å². The number of nitrogens with zero attached hydrogens (tertiary/aromatic N) is 5. The van der Waals surface area contributed by atoms with Gasteiger partial charge in [-0.15, -0.1) is 10.2 Å². The van der Waals surface area contributed by atoms with Crippen LogP contribution in [0, 0.1) is 5.92 Å². The topological polar surface area (TPSA) is 52.6 Å². The molecule has 2 aliphatic heterocycles. The van der Waals surface area contributed by atoms with Crippen LogP contribution in [0.1, 0.15) is 18.4 Å². The van der Waals surface area contributed by atoms with E-state index in [0.717, 1.165) is 82.2 Å².